The van der Waals surface area contributed by atoms with Crippen molar-refractivity contribution in [1.29, 1.82) is 0 Å². The molecule has 208 valence electrons. The molecule has 1 aromatic carbocycles. The van der Waals surface area contributed by atoms with Crippen LogP contribution in [0.3, 0.4) is 0 Å². The lowest BCUT2D eigenvalue weighted by Gasteiger charge is -2.31. The molecule has 37 heavy (non-hydrogen) atoms. The topological polar surface area (TPSA) is 161 Å². The fourth-order valence-electron chi connectivity index (χ4n) is 2.66. The molecule has 10 nitrogen and oxygen atoms in total. The second kappa shape index (κ2) is 15.2. The van der Waals surface area contributed by atoms with Crippen molar-refractivity contribution >= 4 is 45.3 Å². The first-order chi connectivity index (χ1) is 16.7. The molecule has 0 spiro atoms. The molecule has 1 aromatic rings. The lowest BCUT2D eigenvalue weighted by atomic mass is 9.82. The summed E-state index contributed by atoms with van der Waals surface area (Å²) in [7, 11) is -1.39. The molecule has 0 heterocycles. The first kappa shape index (κ1) is 36.0. The fraction of sp³-hybridized carbons (Fsp3) is 0.440. The normalized spacial score (nSPS) is 13.5. The summed E-state index contributed by atoms with van der Waals surface area (Å²) in [5.74, 6) is -4.06. The highest BCUT2D eigenvalue weighted by Crippen LogP contribution is 2.36. The standard InChI is InChI=1S/C16H21ClO6S.C5H8O2.C4H6O2/c1-11-5-7-12(8-6-11)24(21,22)10-15(2,14(20)23-4)9-16(3,17)13(18)19;1-4(2)5(6)7-3;1-3(2)4(5)6/h5-8H,9-10H2,1-4H3,(H,18,19);1H2,2-3H3;1H2,2H3,(H,5,6). The third-order valence-electron chi connectivity index (χ3n) is 4.63. The van der Waals surface area contributed by atoms with Crippen LogP contribution in [0, 0.1) is 12.3 Å². The summed E-state index contributed by atoms with van der Waals surface area (Å²) in [6.45, 7) is 13.9. The largest absolute Gasteiger partial charge is 0.480 e. The summed E-state index contributed by atoms with van der Waals surface area (Å²) >= 11 is 5.95. The number of ether oxygens (including phenoxy) is 2. The van der Waals surface area contributed by atoms with Crippen LogP contribution in [0.4, 0.5) is 0 Å². The Morgan fingerprint density at radius 1 is 0.946 bits per heavy atom. The monoisotopic (exact) mass is 562 g/mol. The van der Waals surface area contributed by atoms with E-state index in [1.54, 1.807) is 19.1 Å². The maximum absolute atomic E-state index is 12.6. The van der Waals surface area contributed by atoms with Gasteiger partial charge >= 0.3 is 23.9 Å². The van der Waals surface area contributed by atoms with Crippen LogP contribution in [-0.2, 0) is 38.5 Å². The maximum Gasteiger partial charge on any atom is 0.332 e. The van der Waals surface area contributed by atoms with E-state index >= 15 is 0 Å². The molecule has 0 saturated carbocycles. The summed E-state index contributed by atoms with van der Waals surface area (Å²) in [5.41, 5.74) is -0.103. The lowest BCUT2D eigenvalue weighted by Crippen LogP contribution is -2.44. The number of methoxy groups -OCH3 is 2. The van der Waals surface area contributed by atoms with Crippen LogP contribution in [0.2, 0.25) is 0 Å². The maximum atomic E-state index is 12.6. The zero-order valence-electron chi connectivity index (χ0n) is 22.1. The van der Waals surface area contributed by atoms with Gasteiger partial charge < -0.3 is 19.7 Å². The highest BCUT2D eigenvalue weighted by molar-refractivity contribution is 7.91. The smallest absolute Gasteiger partial charge is 0.332 e. The van der Waals surface area contributed by atoms with Crippen molar-refractivity contribution in [2.45, 2.75) is 50.8 Å². The van der Waals surface area contributed by atoms with Gasteiger partial charge in [0.2, 0.25) is 0 Å². The van der Waals surface area contributed by atoms with Gasteiger partial charge in [-0.05, 0) is 53.2 Å². The highest BCUT2D eigenvalue weighted by Gasteiger charge is 2.47. The minimum absolute atomic E-state index is 0.0508. The Labute approximate surface area is 222 Å². The van der Waals surface area contributed by atoms with Gasteiger partial charge in [-0.3, -0.25) is 9.59 Å². The Bertz CT molecular complexity index is 1090. The van der Waals surface area contributed by atoms with Gasteiger partial charge in [-0.2, -0.15) is 0 Å². The van der Waals surface area contributed by atoms with E-state index in [4.69, 9.17) is 16.7 Å². The van der Waals surface area contributed by atoms with Crippen LogP contribution in [0.1, 0.15) is 39.7 Å². The Hall–Kier alpha value is -3.18. The lowest BCUT2D eigenvalue weighted by molar-refractivity contribution is -0.152. The van der Waals surface area contributed by atoms with E-state index in [-0.39, 0.29) is 16.4 Å². The van der Waals surface area contributed by atoms with Crippen LogP contribution >= 0.6 is 11.6 Å². The number of carboxylic acids is 2. The predicted octanol–water partition coefficient (Wildman–Crippen LogP) is 3.80. The fourth-order valence-corrected chi connectivity index (χ4v) is 4.73. The van der Waals surface area contributed by atoms with Crippen molar-refractivity contribution < 1.29 is 47.3 Å². The van der Waals surface area contributed by atoms with E-state index < -0.39 is 50.2 Å². The molecule has 0 fully saturated rings. The molecule has 0 aliphatic heterocycles. The number of rotatable bonds is 9. The second-order valence-corrected chi connectivity index (χ2v) is 11.5. The first-order valence-electron chi connectivity index (χ1n) is 10.6. The molecular weight excluding hydrogens is 528 g/mol. The highest BCUT2D eigenvalue weighted by atomic mass is 35.5. The number of aryl methyl sites for hydroxylation is 1. The minimum atomic E-state index is -3.84. The summed E-state index contributed by atoms with van der Waals surface area (Å²) in [5, 5.41) is 17.1. The van der Waals surface area contributed by atoms with Crippen LogP contribution in [0.15, 0.2) is 53.5 Å². The zero-order valence-corrected chi connectivity index (χ0v) is 23.7. The Morgan fingerprint density at radius 3 is 1.65 bits per heavy atom. The van der Waals surface area contributed by atoms with E-state index in [2.05, 4.69) is 22.6 Å². The molecule has 0 saturated heterocycles. The number of halogens is 1. The third kappa shape index (κ3) is 13.1. The molecule has 0 aliphatic carbocycles. The van der Waals surface area contributed by atoms with Gasteiger partial charge in [0.15, 0.2) is 9.84 Å². The number of aliphatic carboxylic acids is 2. The minimum Gasteiger partial charge on any atom is -0.480 e. The number of hydrogen-bond acceptors (Lipinski definition) is 8. The Balaban J connectivity index is 0. The number of sulfone groups is 1. The molecular formula is C25H35ClO10S. The quantitative estimate of drug-likeness (QED) is 0.257. The zero-order chi connectivity index (χ0) is 29.8. The van der Waals surface area contributed by atoms with Gasteiger partial charge in [-0.25, -0.2) is 18.0 Å². The SMILES string of the molecule is C=C(C)C(=O)O.C=C(C)C(=O)OC.COC(=O)C(C)(CC(C)(Cl)C(=O)O)CS(=O)(=O)c1ccc(C)cc1. The number of carbonyl (C=O) groups is 4. The number of hydrogen-bond donors (Lipinski definition) is 2. The van der Waals surface area contributed by atoms with Crippen LogP contribution in [0.25, 0.3) is 0 Å². The van der Waals surface area contributed by atoms with Crippen LogP contribution in [0.5, 0.6) is 0 Å². The third-order valence-corrected chi connectivity index (χ3v) is 6.94. The van der Waals surface area contributed by atoms with Gasteiger partial charge in [0.25, 0.3) is 0 Å². The number of carbonyl (C=O) groups excluding carboxylic acids is 2. The molecule has 2 unspecified atom stereocenters. The van der Waals surface area contributed by atoms with Gasteiger partial charge in [0.05, 0.1) is 30.3 Å². The summed E-state index contributed by atoms with van der Waals surface area (Å²) in [4.78, 5) is 41.4. The van der Waals surface area contributed by atoms with Crippen molar-refractivity contribution in [2.75, 3.05) is 20.0 Å². The number of benzene rings is 1. The molecule has 0 amide bonds. The van der Waals surface area contributed by atoms with Crippen LogP contribution in [-0.4, -0.2) is 67.4 Å². The van der Waals surface area contributed by atoms with E-state index in [9.17, 15) is 32.7 Å². The van der Waals surface area contributed by atoms with Crippen molar-refractivity contribution in [2.24, 2.45) is 5.41 Å². The average Bonchev–Trinajstić information content (AvgIpc) is 2.77. The number of carboxylic acid groups (broad SMARTS) is 2. The number of alkyl halides is 1. The molecule has 2 atom stereocenters. The van der Waals surface area contributed by atoms with E-state index in [1.165, 1.54) is 40.0 Å². The molecule has 2 N–H and O–H groups in total. The van der Waals surface area contributed by atoms with Gasteiger partial charge in [0.1, 0.15) is 4.87 Å². The first-order valence-corrected chi connectivity index (χ1v) is 12.6. The molecule has 1 rings (SSSR count). The van der Waals surface area contributed by atoms with E-state index in [0.29, 0.717) is 5.57 Å². The summed E-state index contributed by atoms with van der Waals surface area (Å²) < 4.78 is 34.2. The van der Waals surface area contributed by atoms with Crippen molar-refractivity contribution in [3.63, 3.8) is 0 Å². The average molecular weight is 563 g/mol. The molecule has 0 aromatic heterocycles. The molecule has 12 heteroatoms. The summed E-state index contributed by atoms with van der Waals surface area (Å²) in [6, 6.07) is 6.18. The molecule has 0 bridgehead atoms. The van der Waals surface area contributed by atoms with Gasteiger partial charge in [0, 0.05) is 11.1 Å². The van der Waals surface area contributed by atoms with E-state index in [0.717, 1.165) is 12.7 Å². The van der Waals surface area contributed by atoms with E-state index in [1.807, 2.05) is 6.92 Å². The van der Waals surface area contributed by atoms with Crippen LogP contribution < -0.4 is 0 Å². The van der Waals surface area contributed by atoms with Gasteiger partial charge in [-0.1, -0.05) is 30.9 Å². The predicted molar refractivity (Wildman–Crippen MR) is 139 cm³/mol. The second-order valence-electron chi connectivity index (χ2n) is 8.66. The Kier molecular flexibility index (Phi) is 14.7. The Morgan fingerprint density at radius 2 is 1.38 bits per heavy atom. The van der Waals surface area contributed by atoms with Crippen molar-refractivity contribution in [3.05, 3.63) is 54.1 Å². The van der Waals surface area contributed by atoms with Crippen molar-refractivity contribution in [1.82, 2.24) is 0 Å². The molecule has 0 radical (unpaired) electrons. The van der Waals surface area contributed by atoms with Gasteiger partial charge in [-0.15, -0.1) is 11.6 Å². The number of esters is 2. The molecule has 0 aliphatic rings. The van der Waals surface area contributed by atoms with Crippen molar-refractivity contribution in [3.8, 4) is 0 Å². The summed E-state index contributed by atoms with van der Waals surface area (Å²) in [6.07, 6.45) is -0.394.